The maximum Gasteiger partial charge on any atom is 0.191 e. The van der Waals surface area contributed by atoms with E-state index in [1.165, 1.54) is 30.6 Å². The number of nitrogens with zero attached hydrogens (tertiary/aromatic N) is 1. The minimum absolute atomic E-state index is 0. The highest BCUT2D eigenvalue weighted by molar-refractivity contribution is 14.0. The van der Waals surface area contributed by atoms with E-state index in [0.717, 1.165) is 12.4 Å². The second-order valence-corrected chi connectivity index (χ2v) is 10.7. The average molecular weight is 511 g/mol. The van der Waals surface area contributed by atoms with Crippen LogP contribution in [0.3, 0.4) is 0 Å². The van der Waals surface area contributed by atoms with Crippen LogP contribution in [0.4, 0.5) is 0 Å². The number of halogens is 1. The smallest absolute Gasteiger partial charge is 0.191 e. The SMILES string of the molecule is CC1CCCCC1NC(=NCc1cccs1)NCC1CCS(=O)(=O)C1.I. The minimum atomic E-state index is -2.83. The lowest BCUT2D eigenvalue weighted by molar-refractivity contribution is 0.306. The van der Waals surface area contributed by atoms with Gasteiger partial charge >= 0.3 is 0 Å². The Hall–Kier alpha value is -0.350. The molecule has 26 heavy (non-hydrogen) atoms. The molecule has 1 saturated heterocycles. The zero-order valence-corrected chi connectivity index (χ0v) is 19.3. The van der Waals surface area contributed by atoms with Crippen molar-refractivity contribution in [2.75, 3.05) is 18.1 Å². The van der Waals surface area contributed by atoms with Gasteiger partial charge in [-0.3, -0.25) is 0 Å². The van der Waals surface area contributed by atoms with E-state index in [2.05, 4.69) is 29.0 Å². The van der Waals surface area contributed by atoms with Gasteiger partial charge < -0.3 is 10.6 Å². The van der Waals surface area contributed by atoms with Gasteiger partial charge in [0, 0.05) is 17.5 Å². The first kappa shape index (κ1) is 21.9. The molecule has 2 N–H and O–H groups in total. The molecule has 2 fully saturated rings. The monoisotopic (exact) mass is 511 g/mol. The Bertz CT molecular complexity index is 677. The Morgan fingerprint density at radius 3 is 2.77 bits per heavy atom. The summed E-state index contributed by atoms with van der Waals surface area (Å²) in [6, 6.07) is 4.59. The van der Waals surface area contributed by atoms with E-state index in [1.807, 2.05) is 6.07 Å². The Kier molecular flexibility index (Phi) is 8.66. The number of sulfone groups is 1. The molecule has 3 atom stereocenters. The summed E-state index contributed by atoms with van der Waals surface area (Å²) in [5.74, 6) is 2.31. The molecule has 1 aromatic rings. The van der Waals surface area contributed by atoms with Crippen molar-refractivity contribution >= 4 is 51.1 Å². The molecule has 0 radical (unpaired) electrons. The van der Waals surface area contributed by atoms with Gasteiger partial charge in [-0.1, -0.05) is 25.8 Å². The molecular weight excluding hydrogens is 481 g/mol. The molecule has 1 aliphatic heterocycles. The Morgan fingerprint density at radius 2 is 2.12 bits per heavy atom. The maximum absolute atomic E-state index is 11.7. The van der Waals surface area contributed by atoms with Gasteiger partial charge in [0.1, 0.15) is 0 Å². The standard InChI is InChI=1S/C18H29N3O2S2.HI/c1-14-5-2-3-7-17(14)21-18(20-12-16-6-4-9-24-16)19-11-15-8-10-25(22,23)13-15;/h4,6,9,14-15,17H,2-3,5,7-8,10-13H2,1H3,(H2,19,20,21);1H. The molecule has 1 aliphatic carbocycles. The summed E-state index contributed by atoms with van der Waals surface area (Å²) >= 11 is 1.71. The number of nitrogens with one attached hydrogen (secondary N) is 2. The van der Waals surface area contributed by atoms with Gasteiger partial charge in [0.15, 0.2) is 15.8 Å². The van der Waals surface area contributed by atoms with Gasteiger partial charge in [0.05, 0.1) is 18.1 Å². The highest BCUT2D eigenvalue weighted by Gasteiger charge is 2.28. The third kappa shape index (κ3) is 6.67. The third-order valence-electron chi connectivity index (χ3n) is 5.29. The lowest BCUT2D eigenvalue weighted by Crippen LogP contribution is -2.48. The lowest BCUT2D eigenvalue weighted by atomic mass is 9.86. The highest BCUT2D eigenvalue weighted by Crippen LogP contribution is 2.24. The minimum Gasteiger partial charge on any atom is -0.356 e. The van der Waals surface area contributed by atoms with E-state index in [4.69, 9.17) is 4.99 Å². The molecule has 3 rings (SSSR count). The lowest BCUT2D eigenvalue weighted by Gasteiger charge is -2.31. The molecule has 1 saturated carbocycles. The van der Waals surface area contributed by atoms with Gasteiger partial charge in [-0.15, -0.1) is 35.3 Å². The summed E-state index contributed by atoms with van der Waals surface area (Å²) in [6.45, 7) is 3.64. The molecule has 5 nitrogen and oxygen atoms in total. The first-order valence-corrected chi connectivity index (χ1v) is 12.0. The molecule has 2 aliphatic rings. The van der Waals surface area contributed by atoms with Crippen molar-refractivity contribution in [3.63, 3.8) is 0 Å². The van der Waals surface area contributed by atoms with E-state index in [1.54, 1.807) is 11.3 Å². The molecule has 0 spiro atoms. The van der Waals surface area contributed by atoms with Gasteiger partial charge in [-0.25, -0.2) is 13.4 Å². The Labute approximate surface area is 178 Å². The van der Waals surface area contributed by atoms with E-state index in [9.17, 15) is 8.42 Å². The van der Waals surface area contributed by atoms with Crippen LogP contribution in [0.5, 0.6) is 0 Å². The van der Waals surface area contributed by atoms with Crippen molar-refractivity contribution in [3.05, 3.63) is 22.4 Å². The summed E-state index contributed by atoms with van der Waals surface area (Å²) in [4.78, 5) is 5.98. The first-order valence-electron chi connectivity index (χ1n) is 9.29. The fourth-order valence-electron chi connectivity index (χ4n) is 3.69. The predicted octanol–water partition coefficient (Wildman–Crippen LogP) is 3.41. The number of guanidine groups is 1. The van der Waals surface area contributed by atoms with Gasteiger partial charge in [-0.2, -0.15) is 0 Å². The van der Waals surface area contributed by atoms with Crippen molar-refractivity contribution in [2.45, 2.75) is 51.6 Å². The van der Waals surface area contributed by atoms with Crippen molar-refractivity contribution in [2.24, 2.45) is 16.8 Å². The summed E-state index contributed by atoms with van der Waals surface area (Å²) in [5, 5.41) is 9.08. The van der Waals surface area contributed by atoms with Gasteiger partial charge in [0.25, 0.3) is 0 Å². The topological polar surface area (TPSA) is 70.6 Å². The third-order valence-corrected chi connectivity index (χ3v) is 7.99. The van der Waals surface area contributed by atoms with Gasteiger partial charge in [-0.05, 0) is 42.5 Å². The van der Waals surface area contributed by atoms with Crippen LogP contribution in [0.15, 0.2) is 22.5 Å². The zero-order chi connectivity index (χ0) is 17.7. The molecule has 8 heteroatoms. The molecule has 0 aromatic carbocycles. The zero-order valence-electron chi connectivity index (χ0n) is 15.3. The predicted molar refractivity (Wildman–Crippen MR) is 120 cm³/mol. The number of hydrogen-bond acceptors (Lipinski definition) is 4. The maximum atomic E-state index is 11.7. The van der Waals surface area contributed by atoms with E-state index in [0.29, 0.717) is 36.6 Å². The van der Waals surface area contributed by atoms with Crippen molar-refractivity contribution in [1.29, 1.82) is 0 Å². The first-order chi connectivity index (χ1) is 12.0. The number of thiophene rings is 1. The molecule has 1 aromatic heterocycles. The van der Waals surface area contributed by atoms with Crippen molar-refractivity contribution < 1.29 is 8.42 Å². The fraction of sp³-hybridized carbons (Fsp3) is 0.722. The van der Waals surface area contributed by atoms with Crippen LogP contribution in [0.2, 0.25) is 0 Å². The van der Waals surface area contributed by atoms with Crippen LogP contribution >= 0.6 is 35.3 Å². The second kappa shape index (κ2) is 10.3. The van der Waals surface area contributed by atoms with Crippen LogP contribution in [0.1, 0.15) is 43.9 Å². The van der Waals surface area contributed by atoms with E-state index in [-0.39, 0.29) is 29.9 Å². The molecule has 0 amide bonds. The largest absolute Gasteiger partial charge is 0.356 e. The normalized spacial score (nSPS) is 28.3. The van der Waals surface area contributed by atoms with E-state index >= 15 is 0 Å². The molecule has 2 heterocycles. The summed E-state index contributed by atoms with van der Waals surface area (Å²) < 4.78 is 23.3. The molecule has 0 bridgehead atoms. The fourth-order valence-corrected chi connectivity index (χ4v) is 6.18. The molecular formula is C18H30IN3O2S2. The number of hydrogen-bond donors (Lipinski definition) is 2. The summed E-state index contributed by atoms with van der Waals surface area (Å²) in [5.41, 5.74) is 0. The average Bonchev–Trinajstić information content (AvgIpc) is 3.21. The van der Waals surface area contributed by atoms with Crippen molar-refractivity contribution in [3.8, 4) is 0 Å². The number of aliphatic imine (C=N–C) groups is 1. The van der Waals surface area contributed by atoms with Crippen LogP contribution in [-0.4, -0.2) is 38.5 Å². The Balaban J connectivity index is 0.00000243. The summed E-state index contributed by atoms with van der Waals surface area (Å²) in [6.07, 6.45) is 5.78. The van der Waals surface area contributed by atoms with Gasteiger partial charge in [0.2, 0.25) is 0 Å². The molecule has 148 valence electrons. The highest BCUT2D eigenvalue weighted by atomic mass is 127. The second-order valence-electron chi connectivity index (χ2n) is 7.41. The quantitative estimate of drug-likeness (QED) is 0.361. The van der Waals surface area contributed by atoms with Crippen molar-refractivity contribution in [1.82, 2.24) is 10.6 Å². The molecule has 3 unspecified atom stereocenters. The Morgan fingerprint density at radius 1 is 1.31 bits per heavy atom. The van der Waals surface area contributed by atoms with Crippen LogP contribution in [0.25, 0.3) is 0 Å². The van der Waals surface area contributed by atoms with Crippen LogP contribution in [-0.2, 0) is 16.4 Å². The summed E-state index contributed by atoms with van der Waals surface area (Å²) in [7, 11) is -2.83. The van der Waals surface area contributed by atoms with Crippen LogP contribution < -0.4 is 10.6 Å². The number of rotatable bonds is 5. The van der Waals surface area contributed by atoms with E-state index < -0.39 is 9.84 Å². The van der Waals surface area contributed by atoms with Crippen LogP contribution in [0, 0.1) is 11.8 Å².